The van der Waals surface area contributed by atoms with Gasteiger partial charge in [-0.2, -0.15) is 0 Å². The van der Waals surface area contributed by atoms with Gasteiger partial charge in [-0.25, -0.2) is 0 Å². The summed E-state index contributed by atoms with van der Waals surface area (Å²) in [6.45, 7) is 2.79. The predicted octanol–water partition coefficient (Wildman–Crippen LogP) is 3.90. The van der Waals surface area contributed by atoms with Crippen LogP contribution in [-0.2, 0) is 16.0 Å². The first-order chi connectivity index (χ1) is 14.5. The molecule has 0 bridgehead atoms. The van der Waals surface area contributed by atoms with Gasteiger partial charge in [-0.3, -0.25) is 9.59 Å². The van der Waals surface area contributed by atoms with E-state index in [0.29, 0.717) is 13.1 Å². The lowest BCUT2D eigenvalue weighted by Gasteiger charge is -2.26. The molecular weight excluding hydrogens is 376 g/mol. The SMILES string of the molecule is COc1ccc2cc([C@H](C)C(=O)N(CCC(N)=O)CCc3ccccc3)ccc2c1. The molecule has 2 N–H and O–H groups in total. The highest BCUT2D eigenvalue weighted by Crippen LogP contribution is 2.26. The second-order valence-corrected chi connectivity index (χ2v) is 7.47. The van der Waals surface area contributed by atoms with Crippen molar-refractivity contribution in [1.29, 1.82) is 0 Å². The fraction of sp³-hybridized carbons (Fsp3) is 0.280. The topological polar surface area (TPSA) is 72.6 Å². The number of amides is 2. The summed E-state index contributed by atoms with van der Waals surface area (Å²) in [6, 6.07) is 21.9. The minimum absolute atomic E-state index is 0.0000396. The summed E-state index contributed by atoms with van der Waals surface area (Å²) in [4.78, 5) is 26.3. The van der Waals surface area contributed by atoms with Gasteiger partial charge in [0.05, 0.1) is 13.0 Å². The van der Waals surface area contributed by atoms with Crippen LogP contribution in [0, 0.1) is 0 Å². The molecule has 5 heteroatoms. The molecule has 0 heterocycles. The molecule has 5 nitrogen and oxygen atoms in total. The average molecular weight is 405 g/mol. The van der Waals surface area contributed by atoms with Crippen molar-refractivity contribution < 1.29 is 14.3 Å². The van der Waals surface area contributed by atoms with Crippen LogP contribution in [0.25, 0.3) is 10.8 Å². The fourth-order valence-corrected chi connectivity index (χ4v) is 3.54. The zero-order valence-corrected chi connectivity index (χ0v) is 17.5. The maximum atomic E-state index is 13.3. The van der Waals surface area contributed by atoms with Crippen LogP contribution in [0.5, 0.6) is 5.75 Å². The summed E-state index contributed by atoms with van der Waals surface area (Å²) in [5.41, 5.74) is 7.43. The summed E-state index contributed by atoms with van der Waals surface area (Å²) in [6.07, 6.45) is 0.889. The lowest BCUT2D eigenvalue weighted by atomic mass is 9.96. The largest absolute Gasteiger partial charge is 0.497 e. The molecule has 0 unspecified atom stereocenters. The van der Waals surface area contributed by atoms with E-state index in [1.807, 2.05) is 73.7 Å². The smallest absolute Gasteiger partial charge is 0.229 e. The summed E-state index contributed by atoms with van der Waals surface area (Å²) in [5, 5.41) is 2.12. The summed E-state index contributed by atoms with van der Waals surface area (Å²) in [7, 11) is 1.65. The van der Waals surface area contributed by atoms with Gasteiger partial charge in [-0.1, -0.05) is 54.6 Å². The highest BCUT2D eigenvalue weighted by Gasteiger charge is 2.22. The van der Waals surface area contributed by atoms with Gasteiger partial charge >= 0.3 is 0 Å². The van der Waals surface area contributed by atoms with Crippen LogP contribution in [0.3, 0.4) is 0 Å². The van der Waals surface area contributed by atoms with Gasteiger partial charge in [0.2, 0.25) is 11.8 Å². The van der Waals surface area contributed by atoms with Crippen molar-refractivity contribution >= 4 is 22.6 Å². The van der Waals surface area contributed by atoms with Crippen LogP contribution < -0.4 is 10.5 Å². The van der Waals surface area contributed by atoms with Gasteiger partial charge in [0, 0.05) is 19.5 Å². The number of hydrogen-bond donors (Lipinski definition) is 1. The quantitative estimate of drug-likeness (QED) is 0.588. The Morgan fingerprint density at radius 3 is 2.37 bits per heavy atom. The van der Waals surface area contributed by atoms with Crippen molar-refractivity contribution in [3.8, 4) is 5.75 Å². The zero-order chi connectivity index (χ0) is 21.5. The molecule has 0 spiro atoms. The Morgan fingerprint density at radius 1 is 0.967 bits per heavy atom. The molecule has 0 radical (unpaired) electrons. The van der Waals surface area contributed by atoms with Crippen LogP contribution in [0.2, 0.25) is 0 Å². The van der Waals surface area contributed by atoms with Crippen molar-refractivity contribution in [3.05, 3.63) is 77.9 Å². The van der Waals surface area contributed by atoms with Crippen LogP contribution >= 0.6 is 0 Å². The van der Waals surface area contributed by atoms with E-state index in [1.165, 1.54) is 0 Å². The zero-order valence-electron chi connectivity index (χ0n) is 17.5. The monoisotopic (exact) mass is 404 g/mol. The minimum Gasteiger partial charge on any atom is -0.497 e. The van der Waals surface area contributed by atoms with E-state index in [9.17, 15) is 9.59 Å². The van der Waals surface area contributed by atoms with Crippen LogP contribution in [0.1, 0.15) is 30.4 Å². The average Bonchev–Trinajstić information content (AvgIpc) is 2.78. The standard InChI is InChI=1S/C25H28N2O3/c1-18(20-8-9-22-17-23(30-2)11-10-21(22)16-20)25(29)27(15-13-24(26)28)14-12-19-6-4-3-5-7-19/h3-11,16-18H,12-15H2,1-2H3,(H2,26,28)/t18-/m0/s1. The molecule has 0 aliphatic carbocycles. The third-order valence-corrected chi connectivity index (χ3v) is 5.39. The molecule has 0 saturated carbocycles. The van der Waals surface area contributed by atoms with Gasteiger partial charge < -0.3 is 15.4 Å². The summed E-state index contributed by atoms with van der Waals surface area (Å²) < 4.78 is 5.28. The molecule has 0 aliphatic heterocycles. The Balaban J connectivity index is 1.77. The number of fused-ring (bicyclic) bond motifs is 1. The number of benzene rings is 3. The first kappa shape index (κ1) is 21.4. The van der Waals surface area contributed by atoms with E-state index < -0.39 is 5.91 Å². The van der Waals surface area contributed by atoms with Gasteiger partial charge in [0.15, 0.2) is 0 Å². The summed E-state index contributed by atoms with van der Waals surface area (Å²) >= 11 is 0. The Kier molecular flexibility index (Phi) is 7.07. The third kappa shape index (κ3) is 5.38. The number of nitrogens with two attached hydrogens (primary N) is 1. The highest BCUT2D eigenvalue weighted by molar-refractivity contribution is 5.88. The first-order valence-electron chi connectivity index (χ1n) is 10.2. The first-order valence-corrected chi connectivity index (χ1v) is 10.2. The molecule has 0 saturated heterocycles. The maximum Gasteiger partial charge on any atom is 0.229 e. The van der Waals surface area contributed by atoms with E-state index in [-0.39, 0.29) is 18.2 Å². The Morgan fingerprint density at radius 2 is 1.67 bits per heavy atom. The molecule has 3 aromatic carbocycles. The summed E-state index contributed by atoms with van der Waals surface area (Å²) in [5.74, 6) is 0.0814. The Bertz CT molecular complexity index is 1020. The molecule has 0 aliphatic rings. The number of primary amides is 1. The number of methoxy groups -OCH3 is 1. The highest BCUT2D eigenvalue weighted by atomic mass is 16.5. The van der Waals surface area contributed by atoms with Gasteiger partial charge in [0.25, 0.3) is 0 Å². The molecule has 3 rings (SSSR count). The van der Waals surface area contributed by atoms with E-state index >= 15 is 0 Å². The van der Waals surface area contributed by atoms with E-state index in [4.69, 9.17) is 10.5 Å². The molecule has 30 heavy (non-hydrogen) atoms. The van der Waals surface area contributed by atoms with Crippen molar-refractivity contribution in [2.75, 3.05) is 20.2 Å². The molecule has 1 atom stereocenters. The van der Waals surface area contributed by atoms with Crippen LogP contribution in [0.4, 0.5) is 0 Å². The maximum absolute atomic E-state index is 13.3. The fourth-order valence-electron chi connectivity index (χ4n) is 3.54. The third-order valence-electron chi connectivity index (χ3n) is 5.39. The van der Waals surface area contributed by atoms with Crippen LogP contribution in [0.15, 0.2) is 66.7 Å². The second-order valence-electron chi connectivity index (χ2n) is 7.47. The molecule has 156 valence electrons. The molecule has 0 fully saturated rings. The minimum atomic E-state index is -0.403. The van der Waals surface area contributed by atoms with Gasteiger partial charge in [-0.15, -0.1) is 0 Å². The van der Waals surface area contributed by atoms with E-state index in [2.05, 4.69) is 0 Å². The van der Waals surface area contributed by atoms with E-state index in [1.54, 1.807) is 12.0 Å². The Hall–Kier alpha value is -3.34. The van der Waals surface area contributed by atoms with Gasteiger partial charge in [-0.05, 0) is 47.4 Å². The molecular formula is C25H28N2O3. The van der Waals surface area contributed by atoms with Crippen LogP contribution in [-0.4, -0.2) is 36.9 Å². The lowest BCUT2D eigenvalue weighted by molar-refractivity contribution is -0.132. The number of carbonyl (C=O) groups excluding carboxylic acids is 2. The number of carbonyl (C=O) groups is 2. The van der Waals surface area contributed by atoms with Crippen molar-refractivity contribution in [2.24, 2.45) is 5.73 Å². The number of hydrogen-bond acceptors (Lipinski definition) is 3. The second kappa shape index (κ2) is 9.92. The van der Waals surface area contributed by atoms with Crippen molar-refractivity contribution in [1.82, 2.24) is 4.90 Å². The molecule has 2 amide bonds. The molecule has 0 aromatic heterocycles. The molecule has 3 aromatic rings. The predicted molar refractivity (Wildman–Crippen MR) is 119 cm³/mol. The normalized spacial score (nSPS) is 11.8. The number of ether oxygens (including phenoxy) is 1. The van der Waals surface area contributed by atoms with Gasteiger partial charge in [0.1, 0.15) is 5.75 Å². The van der Waals surface area contributed by atoms with Crippen molar-refractivity contribution in [3.63, 3.8) is 0 Å². The lowest BCUT2D eigenvalue weighted by Crippen LogP contribution is -2.38. The number of nitrogens with zero attached hydrogens (tertiary/aromatic N) is 1. The van der Waals surface area contributed by atoms with Crippen molar-refractivity contribution in [2.45, 2.75) is 25.7 Å². The van der Waals surface area contributed by atoms with E-state index in [0.717, 1.165) is 34.1 Å². The number of rotatable bonds is 9. The Labute approximate surface area is 177 Å².